The van der Waals surface area contributed by atoms with Gasteiger partial charge in [-0.2, -0.15) is 0 Å². The Bertz CT molecular complexity index is 338. The summed E-state index contributed by atoms with van der Waals surface area (Å²) >= 11 is 0. The molecule has 0 aromatic rings. The standard InChI is InChI=1S/C11H16O5/c1-7(10(13)14)6-9(4-5-12)8(2)11(15)16-3/h6,12H,4-5H2,1-3H3,(H,13,14). The molecule has 0 saturated carbocycles. The monoisotopic (exact) mass is 228 g/mol. The zero-order chi connectivity index (χ0) is 12.7. The molecule has 0 heterocycles. The number of allylic oxidation sites excluding steroid dienone is 1. The SMILES string of the molecule is COC(=O)C(C)=C(C=C(C)C(=O)O)CCO. The van der Waals surface area contributed by atoms with Crippen LogP contribution in [0.2, 0.25) is 0 Å². The van der Waals surface area contributed by atoms with Gasteiger partial charge in [0.05, 0.1) is 7.11 Å². The number of carbonyl (C=O) groups excluding carboxylic acids is 1. The number of carbonyl (C=O) groups is 2. The summed E-state index contributed by atoms with van der Waals surface area (Å²) in [7, 11) is 1.25. The van der Waals surface area contributed by atoms with Gasteiger partial charge in [0, 0.05) is 17.8 Å². The smallest absolute Gasteiger partial charge is 0.333 e. The van der Waals surface area contributed by atoms with Gasteiger partial charge >= 0.3 is 11.9 Å². The van der Waals surface area contributed by atoms with E-state index in [0.29, 0.717) is 11.1 Å². The van der Waals surface area contributed by atoms with Crippen molar-refractivity contribution >= 4 is 11.9 Å². The summed E-state index contributed by atoms with van der Waals surface area (Å²) in [5.74, 6) is -1.59. The molecule has 0 atom stereocenters. The van der Waals surface area contributed by atoms with Crippen LogP contribution < -0.4 is 0 Å². The Kier molecular flexibility index (Phi) is 6.10. The van der Waals surface area contributed by atoms with Gasteiger partial charge in [0.15, 0.2) is 0 Å². The Balaban J connectivity index is 5.22. The summed E-state index contributed by atoms with van der Waals surface area (Å²) in [5.41, 5.74) is 0.873. The highest BCUT2D eigenvalue weighted by Gasteiger charge is 2.10. The van der Waals surface area contributed by atoms with Crippen molar-refractivity contribution in [3.63, 3.8) is 0 Å². The molecule has 0 fully saturated rings. The van der Waals surface area contributed by atoms with E-state index in [1.807, 2.05) is 0 Å². The van der Waals surface area contributed by atoms with E-state index in [1.165, 1.54) is 27.0 Å². The van der Waals surface area contributed by atoms with Crippen molar-refractivity contribution in [2.75, 3.05) is 13.7 Å². The molecule has 0 aromatic heterocycles. The van der Waals surface area contributed by atoms with Crippen molar-refractivity contribution in [2.24, 2.45) is 0 Å². The van der Waals surface area contributed by atoms with Crippen LogP contribution in [0.25, 0.3) is 0 Å². The van der Waals surface area contributed by atoms with Gasteiger partial charge in [0.25, 0.3) is 0 Å². The number of carboxylic acid groups (broad SMARTS) is 1. The maximum absolute atomic E-state index is 11.2. The van der Waals surface area contributed by atoms with Crippen LogP contribution in [0.5, 0.6) is 0 Å². The zero-order valence-corrected chi connectivity index (χ0v) is 9.61. The Hall–Kier alpha value is -1.62. The van der Waals surface area contributed by atoms with Gasteiger partial charge in [-0.25, -0.2) is 9.59 Å². The van der Waals surface area contributed by atoms with Crippen molar-refractivity contribution in [3.8, 4) is 0 Å². The minimum absolute atomic E-state index is 0.103. The molecule has 0 aromatic carbocycles. The van der Waals surface area contributed by atoms with Crippen LogP contribution in [0.15, 0.2) is 22.8 Å². The first-order valence-corrected chi connectivity index (χ1v) is 4.74. The molecule has 5 heteroatoms. The predicted octanol–water partition coefficient (Wildman–Crippen LogP) is 0.889. The summed E-state index contributed by atoms with van der Waals surface area (Å²) in [6, 6.07) is 0. The number of hydrogen-bond donors (Lipinski definition) is 2. The van der Waals surface area contributed by atoms with Crippen molar-refractivity contribution in [3.05, 3.63) is 22.8 Å². The third kappa shape index (κ3) is 4.27. The number of rotatable bonds is 5. The second-order valence-corrected chi connectivity index (χ2v) is 3.25. The molecule has 0 radical (unpaired) electrons. The largest absolute Gasteiger partial charge is 0.478 e. The van der Waals surface area contributed by atoms with Gasteiger partial charge in [-0.3, -0.25) is 0 Å². The Morgan fingerprint density at radius 3 is 2.25 bits per heavy atom. The third-order valence-corrected chi connectivity index (χ3v) is 2.08. The zero-order valence-electron chi connectivity index (χ0n) is 9.61. The summed E-state index contributed by atoms with van der Waals surface area (Å²) in [4.78, 5) is 21.9. The van der Waals surface area contributed by atoms with Crippen molar-refractivity contribution in [1.29, 1.82) is 0 Å². The molecule has 90 valence electrons. The van der Waals surface area contributed by atoms with Crippen molar-refractivity contribution < 1.29 is 24.5 Å². The van der Waals surface area contributed by atoms with Crippen molar-refractivity contribution in [2.45, 2.75) is 20.3 Å². The van der Waals surface area contributed by atoms with E-state index in [-0.39, 0.29) is 18.6 Å². The number of aliphatic hydroxyl groups is 1. The molecule has 0 unspecified atom stereocenters. The molecular weight excluding hydrogens is 212 g/mol. The van der Waals surface area contributed by atoms with Gasteiger partial charge < -0.3 is 14.9 Å². The number of aliphatic hydroxyl groups excluding tert-OH is 1. The Morgan fingerprint density at radius 1 is 1.31 bits per heavy atom. The second kappa shape index (κ2) is 6.79. The number of methoxy groups -OCH3 is 1. The highest BCUT2D eigenvalue weighted by molar-refractivity contribution is 5.91. The molecule has 16 heavy (non-hydrogen) atoms. The molecule has 5 nitrogen and oxygen atoms in total. The summed E-state index contributed by atoms with van der Waals surface area (Å²) in [6.45, 7) is 2.79. The minimum atomic E-state index is -1.06. The number of hydrogen-bond acceptors (Lipinski definition) is 4. The van der Waals surface area contributed by atoms with E-state index < -0.39 is 11.9 Å². The fraction of sp³-hybridized carbons (Fsp3) is 0.455. The van der Waals surface area contributed by atoms with Crippen molar-refractivity contribution in [1.82, 2.24) is 0 Å². The van der Waals surface area contributed by atoms with E-state index >= 15 is 0 Å². The van der Waals surface area contributed by atoms with E-state index in [1.54, 1.807) is 0 Å². The fourth-order valence-corrected chi connectivity index (χ4v) is 1.10. The van der Waals surface area contributed by atoms with Gasteiger partial charge in [-0.1, -0.05) is 0 Å². The average Bonchev–Trinajstić information content (AvgIpc) is 2.26. The highest BCUT2D eigenvalue weighted by Crippen LogP contribution is 2.14. The first-order valence-electron chi connectivity index (χ1n) is 4.74. The van der Waals surface area contributed by atoms with Crippen LogP contribution in [-0.2, 0) is 14.3 Å². The Morgan fingerprint density at radius 2 is 1.88 bits per heavy atom. The average molecular weight is 228 g/mol. The van der Waals surface area contributed by atoms with Gasteiger partial charge in [0.2, 0.25) is 0 Å². The Labute approximate surface area is 94.0 Å². The summed E-state index contributed by atoms with van der Waals surface area (Å²) in [5, 5.41) is 17.5. The van der Waals surface area contributed by atoms with Crippen LogP contribution in [0, 0.1) is 0 Å². The first kappa shape index (κ1) is 14.4. The molecule has 0 aliphatic rings. The van der Waals surface area contributed by atoms with E-state index in [4.69, 9.17) is 10.2 Å². The van der Waals surface area contributed by atoms with Gasteiger partial charge in [-0.15, -0.1) is 0 Å². The van der Waals surface area contributed by atoms with E-state index in [9.17, 15) is 9.59 Å². The summed E-state index contributed by atoms with van der Waals surface area (Å²) < 4.78 is 4.53. The fourth-order valence-electron chi connectivity index (χ4n) is 1.10. The lowest BCUT2D eigenvalue weighted by molar-refractivity contribution is -0.136. The third-order valence-electron chi connectivity index (χ3n) is 2.08. The summed E-state index contributed by atoms with van der Waals surface area (Å²) in [6.07, 6.45) is 1.58. The van der Waals surface area contributed by atoms with Crippen LogP contribution >= 0.6 is 0 Å². The van der Waals surface area contributed by atoms with Gasteiger partial charge in [0.1, 0.15) is 0 Å². The molecule has 0 spiro atoms. The molecule has 0 saturated heterocycles. The molecule has 0 amide bonds. The van der Waals surface area contributed by atoms with Crippen LogP contribution in [0.1, 0.15) is 20.3 Å². The predicted molar refractivity (Wildman–Crippen MR) is 57.8 cm³/mol. The molecule has 2 N–H and O–H groups in total. The molecule has 0 aliphatic carbocycles. The number of esters is 1. The van der Waals surface area contributed by atoms with Crippen LogP contribution in [-0.4, -0.2) is 35.9 Å². The lowest BCUT2D eigenvalue weighted by atomic mass is 10.0. The lowest BCUT2D eigenvalue weighted by Gasteiger charge is -2.06. The normalized spacial score (nSPS) is 13.1. The van der Waals surface area contributed by atoms with Crippen LogP contribution in [0.3, 0.4) is 0 Å². The first-order chi connectivity index (χ1) is 7.43. The molecule has 0 rings (SSSR count). The lowest BCUT2D eigenvalue weighted by Crippen LogP contribution is -2.06. The number of ether oxygens (including phenoxy) is 1. The molecule has 0 aliphatic heterocycles. The second-order valence-electron chi connectivity index (χ2n) is 3.25. The van der Waals surface area contributed by atoms with E-state index in [2.05, 4.69) is 4.74 Å². The van der Waals surface area contributed by atoms with Crippen LogP contribution in [0.4, 0.5) is 0 Å². The van der Waals surface area contributed by atoms with E-state index in [0.717, 1.165) is 0 Å². The highest BCUT2D eigenvalue weighted by atomic mass is 16.5. The topological polar surface area (TPSA) is 83.8 Å². The molecular formula is C11H16O5. The maximum atomic E-state index is 11.2. The molecule has 0 bridgehead atoms. The van der Waals surface area contributed by atoms with Gasteiger partial charge in [-0.05, 0) is 31.9 Å². The maximum Gasteiger partial charge on any atom is 0.333 e. The quantitative estimate of drug-likeness (QED) is 0.414. The number of aliphatic carboxylic acids is 1. The minimum Gasteiger partial charge on any atom is -0.478 e. The number of carboxylic acids is 1.